The van der Waals surface area contributed by atoms with Crippen LogP contribution >= 0.6 is 0 Å². The van der Waals surface area contributed by atoms with Gasteiger partial charge in [-0.15, -0.1) is 0 Å². The summed E-state index contributed by atoms with van der Waals surface area (Å²) in [5.74, 6) is 1.06. The fraction of sp³-hybridized carbons (Fsp3) is 0.483. The first-order valence-corrected chi connectivity index (χ1v) is 12.2. The molecular formula is C29H39N3. The minimum Gasteiger partial charge on any atom is -0.385 e. The van der Waals surface area contributed by atoms with Crippen LogP contribution in [0.4, 0.5) is 0 Å². The Labute approximate surface area is 194 Å². The van der Waals surface area contributed by atoms with Gasteiger partial charge in [-0.2, -0.15) is 0 Å². The maximum absolute atomic E-state index is 5.26. The first kappa shape index (κ1) is 22.8. The van der Waals surface area contributed by atoms with Gasteiger partial charge in [-0.05, 0) is 76.1 Å². The van der Waals surface area contributed by atoms with Crippen molar-refractivity contribution in [1.29, 1.82) is 0 Å². The lowest BCUT2D eigenvalue weighted by Gasteiger charge is -2.35. The Hall–Kier alpha value is -2.39. The molecule has 3 unspecified atom stereocenters. The number of hydrogen-bond acceptors (Lipinski definition) is 3. The van der Waals surface area contributed by atoms with E-state index in [9.17, 15) is 0 Å². The summed E-state index contributed by atoms with van der Waals surface area (Å²) in [6, 6.07) is 15.9. The van der Waals surface area contributed by atoms with E-state index in [4.69, 9.17) is 4.98 Å². The third-order valence-corrected chi connectivity index (χ3v) is 6.60. The lowest BCUT2D eigenvalue weighted by Crippen LogP contribution is -2.40. The number of aromatic nitrogens is 1. The van der Waals surface area contributed by atoms with Crippen LogP contribution in [0, 0.1) is 5.92 Å². The van der Waals surface area contributed by atoms with Crippen LogP contribution in [0.3, 0.4) is 0 Å². The molecule has 1 aromatic heterocycles. The van der Waals surface area contributed by atoms with Gasteiger partial charge in [0.05, 0.1) is 17.4 Å². The smallest absolute Gasteiger partial charge is 0.0758 e. The Morgan fingerprint density at radius 1 is 1.00 bits per heavy atom. The van der Waals surface area contributed by atoms with Crippen LogP contribution in [0.15, 0.2) is 60.3 Å². The first-order chi connectivity index (χ1) is 15.2. The summed E-state index contributed by atoms with van der Waals surface area (Å²) in [6.45, 7) is 13.5. The molecule has 1 aromatic carbocycles. The highest BCUT2D eigenvalue weighted by atomic mass is 15.0. The predicted molar refractivity (Wildman–Crippen MR) is 135 cm³/mol. The summed E-state index contributed by atoms with van der Waals surface area (Å²) in [6.07, 6.45) is 8.24. The Kier molecular flexibility index (Phi) is 6.57. The van der Waals surface area contributed by atoms with Gasteiger partial charge < -0.3 is 10.6 Å². The van der Waals surface area contributed by atoms with Crippen molar-refractivity contribution in [3.05, 3.63) is 82.8 Å². The molecule has 3 atom stereocenters. The Balaban J connectivity index is 1.79. The zero-order valence-electron chi connectivity index (χ0n) is 20.6. The standard InChI is InChI=1S/C29H39N3/c1-19(2)22-12-7-8-13-23(22)28(32-29(4,5)6)26-16-10-15-25(31-26)24-14-9-11-21-18-17-20(3)30-27(21)24/h7-10,12-16,19-21,28,30,32H,11,17-18H2,1-6H3. The average molecular weight is 430 g/mol. The second-order valence-corrected chi connectivity index (χ2v) is 10.8. The Morgan fingerprint density at radius 2 is 1.75 bits per heavy atom. The van der Waals surface area contributed by atoms with Crippen molar-refractivity contribution in [3.63, 3.8) is 0 Å². The molecule has 0 amide bonds. The zero-order chi connectivity index (χ0) is 22.9. The van der Waals surface area contributed by atoms with Crippen molar-refractivity contribution in [1.82, 2.24) is 15.6 Å². The maximum atomic E-state index is 5.26. The van der Waals surface area contributed by atoms with Crippen LogP contribution < -0.4 is 10.6 Å². The van der Waals surface area contributed by atoms with E-state index < -0.39 is 0 Å². The summed E-state index contributed by atoms with van der Waals surface area (Å²) in [5.41, 5.74) is 7.47. The molecule has 1 fully saturated rings. The van der Waals surface area contributed by atoms with E-state index in [1.165, 1.54) is 35.2 Å². The molecule has 1 saturated heterocycles. The third-order valence-electron chi connectivity index (χ3n) is 6.60. The third kappa shape index (κ3) is 4.99. The minimum absolute atomic E-state index is 0.0372. The van der Waals surface area contributed by atoms with Crippen molar-refractivity contribution >= 4 is 5.57 Å². The topological polar surface area (TPSA) is 37.0 Å². The van der Waals surface area contributed by atoms with Gasteiger partial charge in [-0.25, -0.2) is 0 Å². The number of nitrogens with zero attached hydrogens (tertiary/aromatic N) is 1. The predicted octanol–water partition coefficient (Wildman–Crippen LogP) is 6.74. The SMILES string of the molecule is CC1CCC2CC=CC(c3cccc(C(NC(C)(C)C)c4ccccc4C(C)C)n3)=C2N1. The summed E-state index contributed by atoms with van der Waals surface area (Å²) >= 11 is 0. The van der Waals surface area contributed by atoms with Crippen LogP contribution in [-0.2, 0) is 0 Å². The molecule has 2 aromatic rings. The van der Waals surface area contributed by atoms with E-state index in [1.54, 1.807) is 0 Å². The highest BCUT2D eigenvalue weighted by Crippen LogP contribution is 2.36. The van der Waals surface area contributed by atoms with Gasteiger partial charge >= 0.3 is 0 Å². The normalized spacial score (nSPS) is 22.0. The largest absolute Gasteiger partial charge is 0.385 e. The minimum atomic E-state index is -0.0372. The summed E-state index contributed by atoms with van der Waals surface area (Å²) in [4.78, 5) is 5.26. The summed E-state index contributed by atoms with van der Waals surface area (Å²) < 4.78 is 0. The number of benzene rings is 1. The number of hydrogen-bond donors (Lipinski definition) is 2. The van der Waals surface area contributed by atoms with Crippen LogP contribution in [-0.4, -0.2) is 16.6 Å². The maximum Gasteiger partial charge on any atom is 0.0758 e. The first-order valence-electron chi connectivity index (χ1n) is 12.2. The summed E-state index contributed by atoms with van der Waals surface area (Å²) in [7, 11) is 0. The lowest BCUT2D eigenvalue weighted by molar-refractivity contribution is 0.382. The van der Waals surface area contributed by atoms with Crippen LogP contribution in [0.2, 0.25) is 0 Å². The van der Waals surface area contributed by atoms with Crippen molar-refractivity contribution < 1.29 is 0 Å². The van der Waals surface area contributed by atoms with Gasteiger partial charge in [0.15, 0.2) is 0 Å². The van der Waals surface area contributed by atoms with Gasteiger partial charge in [0.1, 0.15) is 0 Å². The zero-order valence-corrected chi connectivity index (χ0v) is 20.6. The summed E-state index contributed by atoms with van der Waals surface area (Å²) in [5, 5.41) is 7.65. The van der Waals surface area contributed by atoms with Gasteiger partial charge in [0.25, 0.3) is 0 Å². The molecule has 1 aliphatic heterocycles. The van der Waals surface area contributed by atoms with E-state index in [0.717, 1.165) is 17.8 Å². The van der Waals surface area contributed by atoms with E-state index in [1.807, 2.05) is 0 Å². The molecule has 0 radical (unpaired) electrons. The molecule has 2 aliphatic rings. The molecule has 2 heterocycles. The van der Waals surface area contributed by atoms with Crippen LogP contribution in [0.1, 0.15) is 95.3 Å². The van der Waals surface area contributed by atoms with Crippen LogP contribution in [0.25, 0.3) is 5.57 Å². The van der Waals surface area contributed by atoms with Crippen molar-refractivity contribution in [3.8, 4) is 0 Å². The van der Waals surface area contributed by atoms with Gasteiger partial charge in [0.2, 0.25) is 0 Å². The van der Waals surface area contributed by atoms with Crippen molar-refractivity contribution in [2.75, 3.05) is 0 Å². The molecule has 3 heteroatoms. The van der Waals surface area contributed by atoms with E-state index in [0.29, 0.717) is 17.9 Å². The fourth-order valence-corrected chi connectivity index (χ4v) is 5.05. The van der Waals surface area contributed by atoms with E-state index in [2.05, 4.69) is 107 Å². The van der Waals surface area contributed by atoms with Crippen LogP contribution in [0.5, 0.6) is 0 Å². The second kappa shape index (κ2) is 9.23. The fourth-order valence-electron chi connectivity index (χ4n) is 5.05. The number of pyridine rings is 1. The number of rotatable bonds is 5. The molecule has 4 rings (SSSR count). The highest BCUT2D eigenvalue weighted by molar-refractivity contribution is 5.76. The van der Waals surface area contributed by atoms with E-state index >= 15 is 0 Å². The average Bonchev–Trinajstić information content (AvgIpc) is 2.76. The molecule has 2 N–H and O–H groups in total. The molecule has 170 valence electrons. The molecule has 0 saturated carbocycles. The number of allylic oxidation sites excluding steroid dienone is 4. The number of piperidine rings is 1. The van der Waals surface area contributed by atoms with Crippen molar-refractivity contribution in [2.24, 2.45) is 5.92 Å². The molecule has 3 nitrogen and oxygen atoms in total. The molecule has 0 spiro atoms. The highest BCUT2D eigenvalue weighted by Gasteiger charge is 2.28. The monoisotopic (exact) mass is 429 g/mol. The molecular weight excluding hydrogens is 390 g/mol. The lowest BCUT2D eigenvalue weighted by atomic mass is 9.83. The number of nitrogens with one attached hydrogen (secondary N) is 2. The van der Waals surface area contributed by atoms with Crippen molar-refractivity contribution in [2.45, 2.75) is 84.3 Å². The molecule has 32 heavy (non-hydrogen) atoms. The van der Waals surface area contributed by atoms with Gasteiger partial charge in [-0.3, -0.25) is 4.98 Å². The quantitative estimate of drug-likeness (QED) is 0.552. The van der Waals surface area contributed by atoms with Gasteiger partial charge in [-0.1, -0.05) is 56.3 Å². The Bertz CT molecular complexity index is 1010. The number of fused-ring (bicyclic) bond motifs is 1. The van der Waals surface area contributed by atoms with Gasteiger partial charge in [0, 0.05) is 28.8 Å². The Morgan fingerprint density at radius 3 is 2.47 bits per heavy atom. The van der Waals surface area contributed by atoms with E-state index in [-0.39, 0.29) is 11.6 Å². The second-order valence-electron chi connectivity index (χ2n) is 10.8. The molecule has 1 aliphatic carbocycles. The molecule has 0 bridgehead atoms.